The predicted molar refractivity (Wildman–Crippen MR) is 135 cm³/mol. The third-order valence-corrected chi connectivity index (χ3v) is 8.47. The Hall–Kier alpha value is -2.94. The fraction of sp³-hybridized carbons (Fsp3) is 0.500. The van der Waals surface area contributed by atoms with Crippen molar-refractivity contribution in [2.75, 3.05) is 62.0 Å². The monoisotopic (exact) mass is 533 g/mol. The van der Waals surface area contributed by atoms with Gasteiger partial charge in [0.05, 0.1) is 29.0 Å². The van der Waals surface area contributed by atoms with E-state index in [0.29, 0.717) is 56.0 Å². The lowest BCUT2D eigenvalue weighted by atomic mass is 9.90. The van der Waals surface area contributed by atoms with Gasteiger partial charge in [0.2, 0.25) is 11.9 Å². The Morgan fingerprint density at radius 1 is 1.17 bits per heavy atom. The first kappa shape index (κ1) is 24.7. The summed E-state index contributed by atoms with van der Waals surface area (Å²) < 4.78 is 29.4. The Morgan fingerprint density at radius 3 is 2.47 bits per heavy atom. The number of nitrogen functional groups attached to an aromatic ring is 1. The van der Waals surface area contributed by atoms with Gasteiger partial charge in [0.15, 0.2) is 21.5 Å². The van der Waals surface area contributed by atoms with Crippen LogP contribution in [0.1, 0.15) is 17.7 Å². The van der Waals surface area contributed by atoms with E-state index in [-0.39, 0.29) is 19.0 Å². The van der Waals surface area contributed by atoms with Crippen LogP contribution in [0.3, 0.4) is 0 Å². The number of morpholine rings is 1. The average Bonchev–Trinajstić information content (AvgIpc) is 3.29. The summed E-state index contributed by atoms with van der Waals surface area (Å²) in [4.78, 5) is 34.4. The van der Waals surface area contributed by atoms with Gasteiger partial charge in [-0.25, -0.2) is 28.4 Å². The molecule has 2 saturated heterocycles. The van der Waals surface area contributed by atoms with Gasteiger partial charge in [0, 0.05) is 49.7 Å². The molecular weight excluding hydrogens is 506 g/mol. The molecule has 0 saturated carbocycles. The van der Waals surface area contributed by atoms with Gasteiger partial charge in [-0.05, 0) is 18.9 Å². The molecule has 1 amide bonds. The molecule has 3 aromatic rings. The summed E-state index contributed by atoms with van der Waals surface area (Å²) in [5.74, 6) is 0.420. The van der Waals surface area contributed by atoms with E-state index in [0.717, 1.165) is 21.7 Å². The molecule has 3 N–H and O–H groups in total. The van der Waals surface area contributed by atoms with Crippen molar-refractivity contribution >= 4 is 49.1 Å². The number of hydrogen-bond acceptors (Lipinski definition) is 12. The molecule has 14 heteroatoms. The van der Waals surface area contributed by atoms with Crippen LogP contribution in [0.25, 0.3) is 21.6 Å². The largest absolute Gasteiger partial charge is 0.384 e. The molecule has 2 aliphatic heterocycles. The van der Waals surface area contributed by atoms with Crippen LogP contribution in [0.5, 0.6) is 0 Å². The number of amides is 1. The van der Waals surface area contributed by atoms with Crippen LogP contribution in [-0.4, -0.2) is 95.7 Å². The molecule has 2 fully saturated rings. The average molecular weight is 534 g/mol. The maximum absolute atomic E-state index is 12.3. The zero-order valence-electron chi connectivity index (χ0n) is 19.8. The topological polar surface area (TPSA) is 165 Å². The first-order valence-electron chi connectivity index (χ1n) is 11.5. The molecule has 0 spiro atoms. The van der Waals surface area contributed by atoms with E-state index in [4.69, 9.17) is 20.4 Å². The van der Waals surface area contributed by atoms with Crippen LogP contribution in [0, 0.1) is 0 Å². The number of nitrogens with two attached hydrogens (primary N) is 1. The van der Waals surface area contributed by atoms with E-state index >= 15 is 0 Å². The number of rotatable bonds is 5. The molecule has 192 valence electrons. The summed E-state index contributed by atoms with van der Waals surface area (Å²) in [6.07, 6.45) is 4.80. The van der Waals surface area contributed by atoms with Crippen LogP contribution in [0.15, 0.2) is 18.5 Å². The lowest BCUT2D eigenvalue weighted by Gasteiger charge is -2.37. The molecule has 0 radical (unpaired) electrons. The summed E-state index contributed by atoms with van der Waals surface area (Å²) in [6, 6.07) is 1.88. The molecule has 0 unspecified atom stereocenters. The molecule has 5 heterocycles. The lowest BCUT2D eigenvalue weighted by molar-refractivity contribution is -0.132. The second kappa shape index (κ2) is 9.50. The molecule has 0 bridgehead atoms. The first-order valence-corrected chi connectivity index (χ1v) is 14.4. The van der Waals surface area contributed by atoms with Crippen LogP contribution in [0.2, 0.25) is 0 Å². The van der Waals surface area contributed by atoms with Crippen LogP contribution in [0.4, 0.5) is 11.8 Å². The zero-order chi connectivity index (χ0) is 25.5. The van der Waals surface area contributed by atoms with Gasteiger partial charge in [0.25, 0.3) is 0 Å². The molecular formula is C22H27N7O5S2. The van der Waals surface area contributed by atoms with Crippen molar-refractivity contribution in [2.45, 2.75) is 18.4 Å². The number of aliphatic hydroxyl groups is 1. The highest BCUT2D eigenvalue weighted by molar-refractivity contribution is 7.91. The number of likely N-dealkylation sites (tertiary alicyclic amines) is 1. The molecule has 5 rings (SSSR count). The lowest BCUT2D eigenvalue weighted by Crippen LogP contribution is -2.46. The van der Waals surface area contributed by atoms with Gasteiger partial charge in [-0.1, -0.05) is 0 Å². The van der Waals surface area contributed by atoms with Gasteiger partial charge in [-0.15, -0.1) is 11.3 Å². The van der Waals surface area contributed by atoms with Crippen molar-refractivity contribution in [1.82, 2.24) is 24.8 Å². The maximum Gasteiger partial charge on any atom is 0.237 e. The minimum atomic E-state index is -3.41. The number of piperidine rings is 1. The SMILES string of the molecule is CS(=O)(=O)CC(=O)N1CCC(O)(c2cc3nc(-c4cnc(N)nc4)nc(N4CCOCC4)c3s2)CC1. The van der Waals surface area contributed by atoms with E-state index in [1.807, 2.05) is 6.07 Å². The Morgan fingerprint density at radius 2 is 1.83 bits per heavy atom. The third-order valence-electron chi connectivity index (χ3n) is 6.38. The zero-order valence-corrected chi connectivity index (χ0v) is 21.4. The minimum Gasteiger partial charge on any atom is -0.384 e. The van der Waals surface area contributed by atoms with E-state index in [2.05, 4.69) is 14.9 Å². The minimum absolute atomic E-state index is 0.162. The number of hydrogen-bond donors (Lipinski definition) is 2. The highest BCUT2D eigenvalue weighted by Crippen LogP contribution is 2.42. The van der Waals surface area contributed by atoms with Gasteiger partial charge >= 0.3 is 0 Å². The van der Waals surface area contributed by atoms with Gasteiger partial charge in [0.1, 0.15) is 11.4 Å². The highest BCUT2D eigenvalue weighted by atomic mass is 32.2. The Bertz CT molecular complexity index is 1380. The standard InChI is InChI=1S/C22H27N7O5S2/c1-36(32,33)13-17(30)28-4-2-22(31,3-5-28)16-10-15-18(35-16)20(29-6-8-34-9-7-29)27-19(26-15)14-11-24-21(23)25-12-14/h10-12,31H,2-9,13H2,1H3,(H2,23,24,25). The predicted octanol–water partition coefficient (Wildman–Crippen LogP) is 0.422. The van der Waals surface area contributed by atoms with Crippen LogP contribution < -0.4 is 10.6 Å². The Kier molecular flexibility index (Phi) is 6.53. The number of fused-ring (bicyclic) bond motifs is 1. The van der Waals surface area contributed by atoms with Crippen molar-refractivity contribution in [3.05, 3.63) is 23.3 Å². The quantitative estimate of drug-likeness (QED) is 0.467. The van der Waals surface area contributed by atoms with Gasteiger partial charge in [-0.2, -0.15) is 0 Å². The van der Waals surface area contributed by atoms with Crippen molar-refractivity contribution in [3.8, 4) is 11.4 Å². The van der Waals surface area contributed by atoms with E-state index in [1.54, 1.807) is 12.4 Å². The number of carbonyl (C=O) groups is 1. The molecule has 2 aliphatic rings. The molecule has 0 aliphatic carbocycles. The number of ether oxygens (including phenoxy) is 1. The van der Waals surface area contributed by atoms with Crippen molar-refractivity contribution in [3.63, 3.8) is 0 Å². The molecule has 12 nitrogen and oxygen atoms in total. The normalized spacial score (nSPS) is 18.5. The van der Waals surface area contributed by atoms with Crippen LogP contribution >= 0.6 is 11.3 Å². The van der Waals surface area contributed by atoms with E-state index in [9.17, 15) is 18.3 Å². The third kappa shape index (κ3) is 5.12. The maximum atomic E-state index is 12.3. The summed E-state index contributed by atoms with van der Waals surface area (Å²) in [7, 11) is -3.41. The van der Waals surface area contributed by atoms with Crippen molar-refractivity contribution in [2.24, 2.45) is 0 Å². The smallest absolute Gasteiger partial charge is 0.237 e. The summed E-state index contributed by atoms with van der Waals surface area (Å²) in [5.41, 5.74) is 5.81. The number of anilines is 2. The molecule has 3 aromatic heterocycles. The fourth-order valence-electron chi connectivity index (χ4n) is 4.40. The fourth-order valence-corrected chi connectivity index (χ4v) is 6.30. The number of aromatic nitrogens is 4. The molecule has 0 atom stereocenters. The Labute approximate surface area is 212 Å². The van der Waals surface area contributed by atoms with Crippen LogP contribution in [-0.2, 0) is 25.0 Å². The summed E-state index contributed by atoms with van der Waals surface area (Å²) >= 11 is 1.44. The molecule has 36 heavy (non-hydrogen) atoms. The summed E-state index contributed by atoms with van der Waals surface area (Å²) in [5, 5.41) is 11.5. The Balaban J connectivity index is 1.48. The second-order valence-corrected chi connectivity index (χ2v) is 12.3. The van der Waals surface area contributed by atoms with Crippen molar-refractivity contribution in [1.29, 1.82) is 0 Å². The second-order valence-electron chi connectivity index (χ2n) is 9.11. The number of sulfone groups is 1. The number of carbonyl (C=O) groups excluding carboxylic acids is 1. The number of thiophene rings is 1. The van der Waals surface area contributed by atoms with E-state index in [1.165, 1.54) is 16.2 Å². The number of nitrogens with zero attached hydrogens (tertiary/aromatic N) is 6. The first-order chi connectivity index (χ1) is 17.1. The van der Waals surface area contributed by atoms with Crippen molar-refractivity contribution < 1.29 is 23.1 Å². The summed E-state index contributed by atoms with van der Waals surface area (Å²) in [6.45, 7) is 3.08. The van der Waals surface area contributed by atoms with E-state index < -0.39 is 27.1 Å². The van der Waals surface area contributed by atoms with Gasteiger partial charge in [-0.3, -0.25) is 4.79 Å². The molecule has 0 aromatic carbocycles. The van der Waals surface area contributed by atoms with Gasteiger partial charge < -0.3 is 25.4 Å². The highest BCUT2D eigenvalue weighted by Gasteiger charge is 2.38.